The van der Waals surface area contributed by atoms with Gasteiger partial charge in [0.1, 0.15) is 5.69 Å². The predicted molar refractivity (Wildman–Crippen MR) is 175 cm³/mol. The highest BCUT2D eigenvalue weighted by atomic mass is 35.5. The molecule has 0 radical (unpaired) electrons. The van der Waals surface area contributed by atoms with E-state index in [9.17, 15) is 42.3 Å². The third-order valence-corrected chi connectivity index (χ3v) is 11.8. The Bertz CT molecular complexity index is 2150. The molecule has 16 heteroatoms. The molecule has 3 aromatic rings. The zero-order valence-electron chi connectivity index (χ0n) is 27.0. The van der Waals surface area contributed by atoms with Crippen molar-refractivity contribution in [1.82, 2.24) is 0 Å². The number of anilines is 2. The second-order valence-electron chi connectivity index (χ2n) is 13.0. The quantitative estimate of drug-likeness (QED) is 0.0583. The summed E-state index contributed by atoms with van der Waals surface area (Å²) < 4.78 is 79.0. The van der Waals surface area contributed by atoms with Crippen molar-refractivity contribution in [3.05, 3.63) is 94.3 Å². The number of ketones is 1. The number of rotatable bonds is 6. The Morgan fingerprint density at radius 1 is 0.865 bits per heavy atom. The second kappa shape index (κ2) is 12.1. The summed E-state index contributed by atoms with van der Waals surface area (Å²) >= 11 is 14.3. The third-order valence-electron chi connectivity index (χ3n) is 10.4. The van der Waals surface area contributed by atoms with Crippen molar-refractivity contribution in [2.45, 2.75) is 42.4 Å². The fraction of sp³-hybridized carbons (Fsp3) is 0.306. The summed E-state index contributed by atoms with van der Waals surface area (Å²) in [6.45, 7) is 3.02. The molecule has 6 atom stereocenters. The van der Waals surface area contributed by atoms with E-state index in [0.29, 0.717) is 5.56 Å². The summed E-state index contributed by atoms with van der Waals surface area (Å²) in [4.78, 5) is 63.9. The maximum atomic E-state index is 15.3. The molecule has 2 heterocycles. The molecule has 9 nitrogen and oxygen atoms in total. The van der Waals surface area contributed by atoms with Gasteiger partial charge in [0.05, 0.1) is 24.1 Å². The highest BCUT2D eigenvalue weighted by Crippen LogP contribution is 2.66. The molecular formula is C36H25Cl2F5N2O7. The maximum Gasteiger partial charge on any atom is 0.258 e. The minimum Gasteiger partial charge on any atom is -0.504 e. The van der Waals surface area contributed by atoms with Crippen molar-refractivity contribution in [3.63, 3.8) is 0 Å². The van der Waals surface area contributed by atoms with E-state index >= 15 is 8.78 Å². The van der Waals surface area contributed by atoms with Crippen LogP contribution >= 0.6 is 23.2 Å². The number of allylic oxidation sites excluding steroid dienone is 2. The maximum absolute atomic E-state index is 15.3. The van der Waals surface area contributed by atoms with E-state index in [1.807, 2.05) is 0 Å². The van der Waals surface area contributed by atoms with Gasteiger partial charge in [0.2, 0.25) is 17.6 Å². The summed E-state index contributed by atoms with van der Waals surface area (Å²) in [7, 11) is 0. The van der Waals surface area contributed by atoms with Gasteiger partial charge in [0.25, 0.3) is 11.8 Å². The van der Waals surface area contributed by atoms with Crippen LogP contribution in [0.15, 0.2) is 54.1 Å². The molecule has 2 saturated heterocycles. The Labute approximate surface area is 301 Å². The molecule has 2 aliphatic heterocycles. The van der Waals surface area contributed by atoms with Gasteiger partial charge in [0, 0.05) is 11.5 Å². The van der Waals surface area contributed by atoms with Crippen LogP contribution in [0, 0.1) is 46.8 Å². The second-order valence-corrected chi connectivity index (χ2v) is 14.2. The first-order valence-electron chi connectivity index (χ1n) is 15.9. The van der Waals surface area contributed by atoms with Gasteiger partial charge in [0.15, 0.2) is 50.3 Å². The molecule has 52 heavy (non-hydrogen) atoms. The van der Waals surface area contributed by atoms with Crippen molar-refractivity contribution in [1.29, 1.82) is 0 Å². The minimum absolute atomic E-state index is 0.0630. The standard InChI is InChI=1S/C36H25Cl2F5N2O7/c1-3-52-22-12-16(6-11-21(22)47)24-18-9-10-19-23(32(49)44(31(19)48)17-7-4-15(5-8-17)14(2)46)20(18)13-35(37)33(50)45(34(51)36(24,35)38)30-28(42)26(40)25(39)27(41)29(30)43/h4-9,11-12,19-20,23-24,47H,3,10,13H2,1-2H3/t19-,20+,23-,24-,35+,36-/m0/s1. The van der Waals surface area contributed by atoms with E-state index in [1.165, 1.54) is 49.4 Å². The number of amides is 4. The molecule has 1 N–H and O–H groups in total. The summed E-state index contributed by atoms with van der Waals surface area (Å²) in [6.07, 6.45) is 0.808. The van der Waals surface area contributed by atoms with Crippen molar-refractivity contribution < 1.29 is 55.8 Å². The van der Waals surface area contributed by atoms with E-state index in [0.717, 1.165) is 4.90 Å². The molecule has 0 unspecified atom stereocenters. The van der Waals surface area contributed by atoms with Gasteiger partial charge in [-0.25, -0.2) is 26.9 Å². The van der Waals surface area contributed by atoms with Gasteiger partial charge in [-0.15, -0.1) is 23.2 Å². The number of hydrogen-bond donors (Lipinski definition) is 1. The lowest BCUT2D eigenvalue weighted by atomic mass is 9.56. The molecule has 4 aliphatic rings. The molecule has 0 bridgehead atoms. The van der Waals surface area contributed by atoms with Crippen LogP contribution in [0.3, 0.4) is 0 Å². The number of phenolic OH excluding ortho intramolecular Hbond substituents is 1. The Balaban J connectivity index is 1.42. The number of imide groups is 2. The van der Waals surface area contributed by atoms with Crippen molar-refractivity contribution in [2.75, 3.05) is 16.4 Å². The van der Waals surface area contributed by atoms with Gasteiger partial charge in [-0.3, -0.25) is 28.9 Å². The third kappa shape index (κ3) is 4.62. The van der Waals surface area contributed by atoms with Crippen molar-refractivity contribution >= 4 is 64.0 Å². The lowest BCUT2D eigenvalue weighted by Gasteiger charge is -2.50. The molecular weight excluding hydrogens is 738 g/mol. The Morgan fingerprint density at radius 2 is 1.48 bits per heavy atom. The summed E-state index contributed by atoms with van der Waals surface area (Å²) in [5.41, 5.74) is -1.10. The molecule has 4 amide bonds. The van der Waals surface area contributed by atoms with Crippen LogP contribution in [-0.4, -0.2) is 50.9 Å². The molecule has 3 aromatic carbocycles. The number of phenols is 1. The number of benzene rings is 3. The zero-order chi connectivity index (χ0) is 37.8. The molecule has 2 aliphatic carbocycles. The van der Waals surface area contributed by atoms with E-state index in [-0.39, 0.29) is 52.0 Å². The van der Waals surface area contributed by atoms with Crippen LogP contribution in [0.2, 0.25) is 0 Å². The fourth-order valence-electron chi connectivity index (χ4n) is 8.02. The number of Topliss-reactive ketones (excluding diaryl/α,β-unsaturated/α-hetero) is 1. The Morgan fingerprint density at radius 3 is 2.08 bits per heavy atom. The van der Waals surface area contributed by atoms with Gasteiger partial charge < -0.3 is 9.84 Å². The largest absolute Gasteiger partial charge is 0.504 e. The molecule has 3 fully saturated rings. The molecule has 0 spiro atoms. The number of carbonyl (C=O) groups is 5. The fourth-order valence-corrected chi connectivity index (χ4v) is 8.96. The Hall–Kier alpha value is -4.82. The van der Waals surface area contributed by atoms with Gasteiger partial charge in [-0.05, 0) is 74.6 Å². The van der Waals surface area contributed by atoms with E-state index in [1.54, 1.807) is 13.0 Å². The van der Waals surface area contributed by atoms with E-state index in [2.05, 4.69) is 0 Å². The van der Waals surface area contributed by atoms with Crippen LogP contribution in [-0.2, 0) is 19.2 Å². The van der Waals surface area contributed by atoms with Crippen LogP contribution in [0.4, 0.5) is 33.3 Å². The number of alkyl halides is 2. The number of halogens is 7. The first-order valence-corrected chi connectivity index (χ1v) is 16.7. The average Bonchev–Trinajstić information content (AvgIpc) is 3.45. The van der Waals surface area contributed by atoms with Crippen LogP contribution in [0.25, 0.3) is 0 Å². The van der Waals surface area contributed by atoms with Crippen LogP contribution in [0.5, 0.6) is 11.5 Å². The molecule has 270 valence electrons. The van der Waals surface area contributed by atoms with Crippen molar-refractivity contribution in [3.8, 4) is 11.5 Å². The summed E-state index contributed by atoms with van der Waals surface area (Å²) in [6, 6.07) is 9.49. The van der Waals surface area contributed by atoms with E-state index < -0.39 is 98.2 Å². The lowest BCUT2D eigenvalue weighted by molar-refractivity contribution is -0.125. The topological polar surface area (TPSA) is 121 Å². The number of hydrogen-bond acceptors (Lipinski definition) is 7. The number of fused-ring (bicyclic) bond motifs is 4. The lowest BCUT2D eigenvalue weighted by Crippen LogP contribution is -2.60. The molecule has 7 rings (SSSR count). The van der Waals surface area contributed by atoms with Crippen molar-refractivity contribution in [2.24, 2.45) is 17.8 Å². The van der Waals surface area contributed by atoms with Crippen LogP contribution in [0.1, 0.15) is 48.5 Å². The highest BCUT2D eigenvalue weighted by molar-refractivity contribution is 6.58. The minimum atomic E-state index is -2.73. The predicted octanol–water partition coefficient (Wildman–Crippen LogP) is 6.46. The first kappa shape index (κ1) is 35.6. The molecule has 0 aromatic heterocycles. The van der Waals surface area contributed by atoms with Gasteiger partial charge in [-0.1, -0.05) is 17.7 Å². The summed E-state index contributed by atoms with van der Waals surface area (Å²) in [5, 5.41) is 10.5. The number of carbonyl (C=O) groups excluding carboxylic acids is 5. The van der Waals surface area contributed by atoms with E-state index in [4.69, 9.17) is 27.9 Å². The Kier molecular flexibility index (Phi) is 8.29. The van der Waals surface area contributed by atoms with Crippen LogP contribution < -0.4 is 14.5 Å². The molecule has 1 saturated carbocycles. The smallest absolute Gasteiger partial charge is 0.258 e. The SMILES string of the molecule is CCOc1cc([C@H]2C3=CC[C@@H]4C(=O)N(c5ccc(C(C)=O)cc5)C(=O)[C@@H]4[C@@H]3C[C@@]3(Cl)C(=O)N(c4c(F)c(F)c(F)c(F)c4F)C(=O)[C@@]23Cl)ccc1O. The number of nitrogens with zero attached hydrogens (tertiary/aromatic N) is 2. The monoisotopic (exact) mass is 762 g/mol. The summed E-state index contributed by atoms with van der Waals surface area (Å²) in [5.74, 6) is -22.5. The first-order chi connectivity index (χ1) is 24.5. The normalized spacial score (nSPS) is 28.1. The zero-order valence-corrected chi connectivity index (χ0v) is 28.5. The number of aromatic hydroxyl groups is 1. The number of ether oxygens (including phenoxy) is 1. The van der Waals surface area contributed by atoms with Gasteiger partial charge in [-0.2, -0.15) is 0 Å². The highest BCUT2D eigenvalue weighted by Gasteiger charge is 2.77. The average molecular weight is 763 g/mol. The van der Waals surface area contributed by atoms with Gasteiger partial charge >= 0.3 is 0 Å².